The summed E-state index contributed by atoms with van der Waals surface area (Å²) in [5.74, 6) is 0.0453. The number of benzene rings is 1. The Labute approximate surface area is 109 Å². The predicted molar refractivity (Wildman–Crippen MR) is 73.3 cm³/mol. The van der Waals surface area contributed by atoms with E-state index in [1.54, 1.807) is 0 Å². The highest BCUT2D eigenvalue weighted by atomic mass is 16.3. The van der Waals surface area contributed by atoms with Gasteiger partial charge in [-0.15, -0.1) is 0 Å². The van der Waals surface area contributed by atoms with E-state index < -0.39 is 0 Å². The summed E-state index contributed by atoms with van der Waals surface area (Å²) in [7, 11) is 0. The van der Waals surface area contributed by atoms with Crippen LogP contribution < -0.4 is 5.32 Å². The van der Waals surface area contributed by atoms with Gasteiger partial charge in [0.1, 0.15) is 0 Å². The molecule has 0 aromatic heterocycles. The lowest BCUT2D eigenvalue weighted by atomic mass is 10.1. The number of hydrogen-bond acceptors (Lipinski definition) is 2. The van der Waals surface area contributed by atoms with Crippen LogP contribution in [0.5, 0.6) is 0 Å². The van der Waals surface area contributed by atoms with Crippen molar-refractivity contribution >= 4 is 5.91 Å². The van der Waals surface area contributed by atoms with Crippen molar-refractivity contribution in [2.75, 3.05) is 6.61 Å². The molecule has 1 aromatic rings. The number of aliphatic hydroxyl groups excluding tert-OH is 1. The summed E-state index contributed by atoms with van der Waals surface area (Å²) >= 11 is 0. The summed E-state index contributed by atoms with van der Waals surface area (Å²) in [4.78, 5) is 11.6. The highest BCUT2D eigenvalue weighted by molar-refractivity contribution is 5.76. The number of nitrogens with one attached hydrogen (secondary N) is 1. The number of aryl methyl sites for hydroxylation is 1. The smallest absolute Gasteiger partial charge is 0.220 e. The van der Waals surface area contributed by atoms with Crippen LogP contribution in [0.2, 0.25) is 0 Å². The molecule has 0 heterocycles. The van der Waals surface area contributed by atoms with Crippen LogP contribution >= 0.6 is 0 Å². The molecular formula is C15H23NO2. The molecule has 100 valence electrons. The molecule has 3 nitrogen and oxygen atoms in total. The first-order valence-electron chi connectivity index (χ1n) is 6.70. The van der Waals surface area contributed by atoms with Gasteiger partial charge in [0.2, 0.25) is 5.91 Å². The number of carbonyl (C=O) groups is 1. The van der Waals surface area contributed by atoms with Crippen molar-refractivity contribution in [3.05, 3.63) is 35.9 Å². The van der Waals surface area contributed by atoms with Crippen LogP contribution in [0.25, 0.3) is 0 Å². The van der Waals surface area contributed by atoms with Gasteiger partial charge in [0.25, 0.3) is 0 Å². The van der Waals surface area contributed by atoms with E-state index in [-0.39, 0.29) is 18.6 Å². The van der Waals surface area contributed by atoms with Crippen LogP contribution in [-0.4, -0.2) is 23.7 Å². The standard InChI is InChI=1S/C15H23NO2/c1-2-14(12-17)16-15(18)11-7-6-10-13-8-4-3-5-9-13/h3-5,8-9,14,17H,2,6-7,10-12H2,1H3,(H,16,18)/t14-/m0/s1. The fourth-order valence-corrected chi connectivity index (χ4v) is 1.84. The van der Waals surface area contributed by atoms with Gasteiger partial charge in [0.05, 0.1) is 12.6 Å². The lowest BCUT2D eigenvalue weighted by Gasteiger charge is -2.13. The summed E-state index contributed by atoms with van der Waals surface area (Å²) in [6.07, 6.45) is 4.25. The zero-order valence-electron chi connectivity index (χ0n) is 11.1. The molecule has 0 aliphatic carbocycles. The van der Waals surface area contributed by atoms with E-state index in [4.69, 9.17) is 5.11 Å². The van der Waals surface area contributed by atoms with E-state index in [1.165, 1.54) is 5.56 Å². The summed E-state index contributed by atoms with van der Waals surface area (Å²) in [5, 5.41) is 11.8. The molecule has 0 saturated heterocycles. The van der Waals surface area contributed by atoms with Gasteiger partial charge in [-0.05, 0) is 31.2 Å². The molecule has 1 atom stereocenters. The summed E-state index contributed by atoms with van der Waals surface area (Å²) in [6, 6.07) is 10.2. The van der Waals surface area contributed by atoms with Crippen molar-refractivity contribution < 1.29 is 9.90 Å². The number of carbonyl (C=O) groups excluding carboxylic acids is 1. The Morgan fingerprint density at radius 3 is 2.61 bits per heavy atom. The first kappa shape index (κ1) is 14.7. The highest BCUT2D eigenvalue weighted by Gasteiger charge is 2.08. The van der Waals surface area contributed by atoms with Gasteiger partial charge < -0.3 is 10.4 Å². The molecular weight excluding hydrogens is 226 g/mol. The molecule has 0 spiro atoms. The highest BCUT2D eigenvalue weighted by Crippen LogP contribution is 2.06. The molecule has 2 N–H and O–H groups in total. The molecule has 0 unspecified atom stereocenters. The van der Waals surface area contributed by atoms with E-state index in [0.29, 0.717) is 6.42 Å². The van der Waals surface area contributed by atoms with Crippen molar-refractivity contribution in [1.82, 2.24) is 5.32 Å². The Morgan fingerprint density at radius 1 is 1.28 bits per heavy atom. The molecule has 1 rings (SSSR count). The van der Waals surface area contributed by atoms with Crippen molar-refractivity contribution in [2.45, 2.75) is 45.1 Å². The lowest BCUT2D eigenvalue weighted by Crippen LogP contribution is -2.36. The third-order valence-corrected chi connectivity index (χ3v) is 3.04. The monoisotopic (exact) mass is 249 g/mol. The van der Waals surface area contributed by atoms with Gasteiger partial charge in [0, 0.05) is 6.42 Å². The Balaban J connectivity index is 2.12. The quantitative estimate of drug-likeness (QED) is 0.694. The lowest BCUT2D eigenvalue weighted by molar-refractivity contribution is -0.122. The van der Waals surface area contributed by atoms with Crippen molar-refractivity contribution in [3.8, 4) is 0 Å². The summed E-state index contributed by atoms with van der Waals surface area (Å²) in [6.45, 7) is 1.98. The number of unbranched alkanes of at least 4 members (excludes halogenated alkanes) is 1. The zero-order chi connectivity index (χ0) is 13.2. The van der Waals surface area contributed by atoms with Gasteiger partial charge >= 0.3 is 0 Å². The molecule has 0 radical (unpaired) electrons. The average molecular weight is 249 g/mol. The SMILES string of the molecule is CC[C@@H](CO)NC(=O)CCCCc1ccccc1. The molecule has 0 fully saturated rings. The first-order valence-corrected chi connectivity index (χ1v) is 6.70. The third-order valence-electron chi connectivity index (χ3n) is 3.04. The van der Waals surface area contributed by atoms with Crippen molar-refractivity contribution in [3.63, 3.8) is 0 Å². The number of rotatable bonds is 8. The van der Waals surface area contributed by atoms with E-state index >= 15 is 0 Å². The fraction of sp³-hybridized carbons (Fsp3) is 0.533. The Morgan fingerprint density at radius 2 is 2.00 bits per heavy atom. The molecule has 3 heteroatoms. The second-order valence-electron chi connectivity index (χ2n) is 4.55. The van der Waals surface area contributed by atoms with Gasteiger partial charge in [-0.25, -0.2) is 0 Å². The molecule has 18 heavy (non-hydrogen) atoms. The van der Waals surface area contributed by atoms with E-state index in [0.717, 1.165) is 25.7 Å². The molecule has 0 saturated carbocycles. The number of hydrogen-bond donors (Lipinski definition) is 2. The van der Waals surface area contributed by atoms with E-state index in [1.807, 2.05) is 25.1 Å². The van der Waals surface area contributed by atoms with Crippen LogP contribution in [0.4, 0.5) is 0 Å². The number of amides is 1. The maximum Gasteiger partial charge on any atom is 0.220 e. The van der Waals surface area contributed by atoms with E-state index in [9.17, 15) is 4.79 Å². The minimum atomic E-state index is -0.0911. The van der Waals surface area contributed by atoms with Gasteiger partial charge in [-0.3, -0.25) is 4.79 Å². The van der Waals surface area contributed by atoms with Crippen molar-refractivity contribution in [1.29, 1.82) is 0 Å². The van der Waals surface area contributed by atoms with Crippen LogP contribution in [0.1, 0.15) is 38.2 Å². The van der Waals surface area contributed by atoms with Gasteiger partial charge in [-0.2, -0.15) is 0 Å². The minimum absolute atomic E-state index is 0.0201. The third kappa shape index (κ3) is 5.82. The molecule has 0 bridgehead atoms. The van der Waals surface area contributed by atoms with Crippen LogP contribution in [0.3, 0.4) is 0 Å². The van der Waals surface area contributed by atoms with E-state index in [2.05, 4.69) is 17.4 Å². The summed E-state index contributed by atoms with van der Waals surface area (Å²) < 4.78 is 0. The normalized spacial score (nSPS) is 12.1. The van der Waals surface area contributed by atoms with Crippen molar-refractivity contribution in [2.24, 2.45) is 0 Å². The average Bonchev–Trinajstić information content (AvgIpc) is 2.42. The maximum atomic E-state index is 11.6. The first-order chi connectivity index (χ1) is 8.76. The topological polar surface area (TPSA) is 49.3 Å². The number of aliphatic hydroxyl groups is 1. The molecule has 1 aromatic carbocycles. The molecule has 1 amide bonds. The molecule has 0 aliphatic rings. The van der Waals surface area contributed by atoms with Gasteiger partial charge in [0.15, 0.2) is 0 Å². The van der Waals surface area contributed by atoms with Crippen LogP contribution in [-0.2, 0) is 11.2 Å². The van der Waals surface area contributed by atoms with Crippen LogP contribution in [0.15, 0.2) is 30.3 Å². The second kappa shape index (κ2) is 8.70. The Kier molecular flexibility index (Phi) is 7.11. The predicted octanol–water partition coefficient (Wildman–Crippen LogP) is 2.29. The van der Waals surface area contributed by atoms with Gasteiger partial charge in [-0.1, -0.05) is 37.3 Å². The second-order valence-corrected chi connectivity index (χ2v) is 4.55. The maximum absolute atomic E-state index is 11.6. The van der Waals surface area contributed by atoms with Crippen LogP contribution in [0, 0.1) is 0 Å². The minimum Gasteiger partial charge on any atom is -0.394 e. The summed E-state index contributed by atoms with van der Waals surface area (Å²) in [5.41, 5.74) is 1.32. The Hall–Kier alpha value is -1.35. The zero-order valence-corrected chi connectivity index (χ0v) is 11.1. The Bertz CT molecular complexity index is 334. The largest absolute Gasteiger partial charge is 0.394 e. The molecule has 0 aliphatic heterocycles. The fourth-order valence-electron chi connectivity index (χ4n) is 1.84.